The lowest BCUT2D eigenvalue weighted by Crippen LogP contribution is -2.50. The predicted octanol–water partition coefficient (Wildman–Crippen LogP) is 2.47. The van der Waals surface area contributed by atoms with Crippen molar-refractivity contribution < 1.29 is 14.3 Å². The van der Waals surface area contributed by atoms with Crippen molar-refractivity contribution >= 4 is 12.0 Å². The standard InChI is InChI=1S/C19H33N3O3/c1-19(2,3)25-18(24)22-12-5-9-16(22)17(23)21-11-6-10-20(13-14-21)15-7-4-8-15/h15-16H,4-14H2,1-3H3/t16-/m0/s1. The summed E-state index contributed by atoms with van der Waals surface area (Å²) in [6, 6.07) is 0.393. The minimum absolute atomic E-state index is 0.110. The molecule has 0 aromatic heterocycles. The minimum Gasteiger partial charge on any atom is -0.444 e. The number of hydrogen-bond donors (Lipinski definition) is 0. The van der Waals surface area contributed by atoms with Crippen molar-refractivity contribution in [3.05, 3.63) is 0 Å². The molecule has 25 heavy (non-hydrogen) atoms. The van der Waals surface area contributed by atoms with Gasteiger partial charge >= 0.3 is 6.09 Å². The molecule has 2 amide bonds. The van der Waals surface area contributed by atoms with Crippen molar-refractivity contribution in [1.29, 1.82) is 0 Å². The molecule has 0 aromatic rings. The number of nitrogens with zero attached hydrogens (tertiary/aromatic N) is 3. The molecule has 1 atom stereocenters. The third-order valence-corrected chi connectivity index (χ3v) is 5.60. The molecule has 0 radical (unpaired) electrons. The average molecular weight is 351 g/mol. The van der Waals surface area contributed by atoms with Crippen molar-refractivity contribution in [3.8, 4) is 0 Å². The summed E-state index contributed by atoms with van der Waals surface area (Å²) in [6.07, 6.45) is 6.26. The number of hydrogen-bond acceptors (Lipinski definition) is 4. The lowest BCUT2D eigenvalue weighted by atomic mass is 9.91. The van der Waals surface area contributed by atoms with Crippen molar-refractivity contribution in [2.24, 2.45) is 0 Å². The average Bonchev–Trinajstić information content (AvgIpc) is 2.84. The number of ether oxygens (including phenoxy) is 1. The molecular weight excluding hydrogens is 318 g/mol. The summed E-state index contributed by atoms with van der Waals surface area (Å²) in [5, 5.41) is 0. The second-order valence-electron chi connectivity index (χ2n) is 8.63. The molecule has 1 aliphatic carbocycles. The van der Waals surface area contributed by atoms with Crippen LogP contribution in [0.4, 0.5) is 4.79 Å². The van der Waals surface area contributed by atoms with Crippen LogP contribution in [0.2, 0.25) is 0 Å². The highest BCUT2D eigenvalue weighted by Gasteiger charge is 2.39. The van der Waals surface area contributed by atoms with Crippen LogP contribution in [-0.4, -0.2) is 77.1 Å². The molecule has 142 valence electrons. The SMILES string of the molecule is CC(C)(C)OC(=O)N1CCC[C@H]1C(=O)N1CCCN(C2CCC2)CC1. The number of likely N-dealkylation sites (tertiary alicyclic amines) is 1. The molecule has 2 heterocycles. The van der Waals surface area contributed by atoms with Crippen LogP contribution < -0.4 is 0 Å². The van der Waals surface area contributed by atoms with Gasteiger partial charge in [0.2, 0.25) is 5.91 Å². The maximum atomic E-state index is 13.1. The van der Waals surface area contributed by atoms with Gasteiger partial charge in [-0.2, -0.15) is 0 Å². The Morgan fingerprint density at radius 1 is 0.880 bits per heavy atom. The highest BCUT2D eigenvalue weighted by molar-refractivity contribution is 5.86. The third-order valence-electron chi connectivity index (χ3n) is 5.60. The Balaban J connectivity index is 1.58. The lowest BCUT2D eigenvalue weighted by molar-refractivity contribution is -0.135. The molecule has 0 spiro atoms. The van der Waals surface area contributed by atoms with E-state index in [0.29, 0.717) is 6.54 Å². The number of carbonyl (C=O) groups is 2. The molecule has 1 saturated carbocycles. The highest BCUT2D eigenvalue weighted by atomic mass is 16.6. The highest BCUT2D eigenvalue weighted by Crippen LogP contribution is 2.27. The molecule has 0 aromatic carbocycles. The summed E-state index contributed by atoms with van der Waals surface area (Å²) in [4.78, 5) is 31.7. The van der Waals surface area contributed by atoms with E-state index in [1.807, 2.05) is 25.7 Å². The van der Waals surface area contributed by atoms with Gasteiger partial charge in [0.1, 0.15) is 11.6 Å². The van der Waals surface area contributed by atoms with Gasteiger partial charge < -0.3 is 9.64 Å². The van der Waals surface area contributed by atoms with E-state index in [-0.39, 0.29) is 18.0 Å². The first-order chi connectivity index (χ1) is 11.8. The summed E-state index contributed by atoms with van der Waals surface area (Å²) in [5.74, 6) is 0.110. The quantitative estimate of drug-likeness (QED) is 0.767. The zero-order chi connectivity index (χ0) is 18.0. The van der Waals surface area contributed by atoms with Gasteiger partial charge in [0, 0.05) is 38.8 Å². The summed E-state index contributed by atoms with van der Waals surface area (Å²) in [7, 11) is 0. The first-order valence-electron chi connectivity index (χ1n) is 9.87. The van der Waals surface area contributed by atoms with Crippen LogP contribution in [0.5, 0.6) is 0 Å². The molecular formula is C19H33N3O3. The van der Waals surface area contributed by atoms with Gasteiger partial charge in [-0.25, -0.2) is 4.79 Å². The predicted molar refractivity (Wildman–Crippen MR) is 96.4 cm³/mol. The van der Waals surface area contributed by atoms with Crippen molar-refractivity contribution in [2.45, 2.75) is 77.0 Å². The first kappa shape index (κ1) is 18.5. The lowest BCUT2D eigenvalue weighted by Gasteiger charge is -2.37. The summed E-state index contributed by atoms with van der Waals surface area (Å²) >= 11 is 0. The van der Waals surface area contributed by atoms with E-state index < -0.39 is 5.60 Å². The Bertz CT molecular complexity index is 499. The molecule has 6 nitrogen and oxygen atoms in total. The molecule has 3 rings (SSSR count). The largest absolute Gasteiger partial charge is 0.444 e. The monoisotopic (exact) mass is 351 g/mol. The first-order valence-corrected chi connectivity index (χ1v) is 9.87. The van der Waals surface area contributed by atoms with E-state index in [4.69, 9.17) is 4.74 Å². The van der Waals surface area contributed by atoms with Gasteiger partial charge in [-0.3, -0.25) is 14.6 Å². The van der Waals surface area contributed by atoms with Gasteiger partial charge in [0.05, 0.1) is 0 Å². The molecule has 3 aliphatic rings. The van der Waals surface area contributed by atoms with Gasteiger partial charge in [-0.15, -0.1) is 0 Å². The molecule has 3 fully saturated rings. The van der Waals surface area contributed by atoms with Crippen molar-refractivity contribution in [1.82, 2.24) is 14.7 Å². The second kappa shape index (κ2) is 7.52. The molecule has 0 unspecified atom stereocenters. The van der Waals surface area contributed by atoms with Gasteiger partial charge in [-0.05, 0) is 52.9 Å². The fourth-order valence-electron chi connectivity index (χ4n) is 4.05. The smallest absolute Gasteiger partial charge is 0.410 e. The number of amides is 2. The Kier molecular flexibility index (Phi) is 5.56. The molecule has 2 aliphatic heterocycles. The summed E-state index contributed by atoms with van der Waals surface area (Å²) in [5.41, 5.74) is -0.529. The summed E-state index contributed by atoms with van der Waals surface area (Å²) in [6.45, 7) is 9.86. The van der Waals surface area contributed by atoms with Crippen LogP contribution in [0.25, 0.3) is 0 Å². The van der Waals surface area contributed by atoms with E-state index in [9.17, 15) is 9.59 Å². The van der Waals surface area contributed by atoms with E-state index in [2.05, 4.69) is 4.90 Å². The van der Waals surface area contributed by atoms with E-state index >= 15 is 0 Å². The molecule has 0 bridgehead atoms. The fourth-order valence-corrected chi connectivity index (χ4v) is 4.05. The van der Waals surface area contributed by atoms with Crippen LogP contribution in [0.1, 0.15) is 59.3 Å². The maximum Gasteiger partial charge on any atom is 0.410 e. The second-order valence-corrected chi connectivity index (χ2v) is 8.63. The third kappa shape index (κ3) is 4.46. The number of rotatable bonds is 2. The van der Waals surface area contributed by atoms with Gasteiger partial charge in [0.25, 0.3) is 0 Å². The maximum absolute atomic E-state index is 13.1. The van der Waals surface area contributed by atoms with Gasteiger partial charge in [0.15, 0.2) is 0 Å². The van der Waals surface area contributed by atoms with Crippen LogP contribution >= 0.6 is 0 Å². The van der Waals surface area contributed by atoms with E-state index in [1.54, 1.807) is 4.90 Å². The van der Waals surface area contributed by atoms with Crippen molar-refractivity contribution in [3.63, 3.8) is 0 Å². The zero-order valence-corrected chi connectivity index (χ0v) is 16.0. The summed E-state index contributed by atoms with van der Waals surface area (Å²) < 4.78 is 5.49. The Morgan fingerprint density at radius 2 is 1.64 bits per heavy atom. The Hall–Kier alpha value is -1.30. The minimum atomic E-state index is -0.529. The van der Waals surface area contributed by atoms with E-state index in [0.717, 1.165) is 51.5 Å². The molecule has 0 N–H and O–H groups in total. The normalized spacial score (nSPS) is 26.3. The molecule has 6 heteroatoms. The number of carbonyl (C=O) groups excluding carboxylic acids is 2. The van der Waals surface area contributed by atoms with Gasteiger partial charge in [-0.1, -0.05) is 6.42 Å². The van der Waals surface area contributed by atoms with Crippen LogP contribution in [0.15, 0.2) is 0 Å². The zero-order valence-electron chi connectivity index (χ0n) is 16.0. The van der Waals surface area contributed by atoms with Crippen molar-refractivity contribution in [2.75, 3.05) is 32.7 Å². The fraction of sp³-hybridized carbons (Fsp3) is 0.895. The molecule has 2 saturated heterocycles. The van der Waals surface area contributed by atoms with Crippen LogP contribution in [-0.2, 0) is 9.53 Å². The Morgan fingerprint density at radius 3 is 2.28 bits per heavy atom. The Labute approximate surface area is 151 Å². The van der Waals surface area contributed by atoms with E-state index in [1.165, 1.54) is 19.3 Å². The van der Waals surface area contributed by atoms with Crippen LogP contribution in [0, 0.1) is 0 Å². The van der Waals surface area contributed by atoms with Crippen LogP contribution in [0.3, 0.4) is 0 Å². The topological polar surface area (TPSA) is 53.1 Å².